The van der Waals surface area contributed by atoms with Gasteiger partial charge in [-0.25, -0.2) is 0 Å². The third-order valence-electron chi connectivity index (χ3n) is 4.01. The molecule has 3 heteroatoms. The van der Waals surface area contributed by atoms with E-state index in [-0.39, 0.29) is 5.54 Å². The van der Waals surface area contributed by atoms with Crippen molar-refractivity contribution in [3.8, 4) is 0 Å². The molecule has 1 atom stereocenters. The van der Waals surface area contributed by atoms with Crippen LogP contribution in [0.2, 0.25) is 0 Å². The molecule has 1 unspecified atom stereocenters. The summed E-state index contributed by atoms with van der Waals surface area (Å²) in [4.78, 5) is 2.62. The van der Waals surface area contributed by atoms with Gasteiger partial charge in [0.1, 0.15) is 0 Å². The lowest BCUT2D eigenvalue weighted by molar-refractivity contribution is 0.0114. The first kappa shape index (κ1) is 15.9. The van der Waals surface area contributed by atoms with E-state index in [9.17, 15) is 0 Å². The van der Waals surface area contributed by atoms with Gasteiger partial charge in [-0.1, -0.05) is 6.92 Å². The molecule has 1 aliphatic heterocycles. The van der Waals surface area contributed by atoms with E-state index in [4.69, 9.17) is 4.74 Å². The monoisotopic (exact) mass is 256 g/mol. The predicted molar refractivity (Wildman–Crippen MR) is 78.1 cm³/mol. The van der Waals surface area contributed by atoms with Crippen LogP contribution in [0.1, 0.15) is 53.9 Å². The van der Waals surface area contributed by atoms with Crippen molar-refractivity contribution in [3.05, 3.63) is 0 Å². The van der Waals surface area contributed by atoms with E-state index in [2.05, 4.69) is 44.8 Å². The summed E-state index contributed by atoms with van der Waals surface area (Å²) in [6.07, 6.45) is 4.17. The molecule has 1 fully saturated rings. The van der Waals surface area contributed by atoms with Crippen LogP contribution in [0.4, 0.5) is 0 Å². The van der Waals surface area contributed by atoms with Gasteiger partial charge in [-0.2, -0.15) is 0 Å². The van der Waals surface area contributed by atoms with Gasteiger partial charge in [-0.05, 0) is 66.6 Å². The first-order valence-corrected chi connectivity index (χ1v) is 7.58. The van der Waals surface area contributed by atoms with E-state index in [0.717, 1.165) is 13.2 Å². The fourth-order valence-electron chi connectivity index (χ4n) is 2.63. The van der Waals surface area contributed by atoms with Crippen molar-refractivity contribution >= 4 is 0 Å². The van der Waals surface area contributed by atoms with Crippen molar-refractivity contribution in [2.75, 3.05) is 26.2 Å². The normalized spacial score (nSPS) is 19.7. The molecule has 1 rings (SSSR count). The third-order valence-corrected chi connectivity index (χ3v) is 4.01. The Labute approximate surface area is 113 Å². The van der Waals surface area contributed by atoms with Crippen LogP contribution >= 0.6 is 0 Å². The summed E-state index contributed by atoms with van der Waals surface area (Å²) in [6.45, 7) is 15.5. The molecule has 0 spiro atoms. The highest BCUT2D eigenvalue weighted by molar-refractivity contribution is 4.95. The maximum Gasteiger partial charge on any atom is 0.0641 e. The number of nitrogens with zero attached hydrogens (tertiary/aromatic N) is 1. The average Bonchev–Trinajstić information content (AvgIpc) is 2.82. The molecule has 1 heterocycles. The smallest absolute Gasteiger partial charge is 0.0641 e. The highest BCUT2D eigenvalue weighted by Gasteiger charge is 2.36. The summed E-state index contributed by atoms with van der Waals surface area (Å²) in [5.74, 6) is 0. The molecule has 0 amide bonds. The zero-order valence-electron chi connectivity index (χ0n) is 13.0. The van der Waals surface area contributed by atoms with Crippen LogP contribution in [-0.4, -0.2) is 48.8 Å². The Bertz CT molecular complexity index is 223. The summed E-state index contributed by atoms with van der Waals surface area (Å²) in [5.41, 5.74) is 0.181. The van der Waals surface area contributed by atoms with E-state index in [1.807, 2.05) is 0 Å². The zero-order valence-corrected chi connectivity index (χ0v) is 13.0. The summed E-state index contributed by atoms with van der Waals surface area (Å²) in [7, 11) is 0. The van der Waals surface area contributed by atoms with Gasteiger partial charge in [0.25, 0.3) is 0 Å². The fraction of sp³-hybridized carbons (Fsp3) is 1.00. The van der Waals surface area contributed by atoms with Gasteiger partial charge >= 0.3 is 0 Å². The average molecular weight is 256 g/mol. The molecular weight excluding hydrogens is 224 g/mol. The molecule has 0 radical (unpaired) electrons. The van der Waals surface area contributed by atoms with E-state index in [1.54, 1.807) is 0 Å². The number of nitrogens with one attached hydrogen (secondary N) is 1. The standard InChI is InChI=1S/C15H32N2O/c1-6-9-16-14(12-18-13(2)3)15(4,5)17-10-7-8-11-17/h13-14,16H,6-12H2,1-5H3. The molecule has 0 aromatic rings. The Kier molecular flexibility index (Phi) is 6.61. The minimum absolute atomic E-state index is 0.181. The molecule has 0 aromatic carbocycles. The van der Waals surface area contributed by atoms with Crippen LogP contribution in [0.25, 0.3) is 0 Å². The van der Waals surface area contributed by atoms with E-state index < -0.39 is 0 Å². The molecule has 3 nitrogen and oxygen atoms in total. The second kappa shape index (κ2) is 7.46. The van der Waals surface area contributed by atoms with Gasteiger partial charge in [-0.3, -0.25) is 4.90 Å². The van der Waals surface area contributed by atoms with Crippen LogP contribution in [0.3, 0.4) is 0 Å². The van der Waals surface area contributed by atoms with Gasteiger partial charge in [0.15, 0.2) is 0 Å². The first-order chi connectivity index (χ1) is 8.48. The highest BCUT2D eigenvalue weighted by atomic mass is 16.5. The minimum Gasteiger partial charge on any atom is -0.377 e. The lowest BCUT2D eigenvalue weighted by atomic mass is 9.92. The largest absolute Gasteiger partial charge is 0.377 e. The van der Waals surface area contributed by atoms with Crippen molar-refractivity contribution < 1.29 is 4.74 Å². The fourth-order valence-corrected chi connectivity index (χ4v) is 2.63. The maximum absolute atomic E-state index is 5.86. The molecule has 108 valence electrons. The zero-order chi connectivity index (χ0) is 13.6. The molecule has 1 aliphatic rings. The number of hydrogen-bond donors (Lipinski definition) is 1. The van der Waals surface area contributed by atoms with Crippen LogP contribution in [0, 0.1) is 0 Å². The van der Waals surface area contributed by atoms with E-state index in [1.165, 1.54) is 32.4 Å². The molecule has 1 N–H and O–H groups in total. The number of hydrogen-bond acceptors (Lipinski definition) is 3. The first-order valence-electron chi connectivity index (χ1n) is 7.58. The van der Waals surface area contributed by atoms with Crippen LogP contribution < -0.4 is 5.32 Å². The summed E-state index contributed by atoms with van der Waals surface area (Å²) in [5, 5.41) is 3.68. The second-order valence-electron chi connectivity index (χ2n) is 6.24. The Hall–Kier alpha value is -0.120. The lowest BCUT2D eigenvalue weighted by Gasteiger charge is -2.42. The van der Waals surface area contributed by atoms with Crippen LogP contribution in [0.15, 0.2) is 0 Å². The Balaban J connectivity index is 2.59. The summed E-state index contributed by atoms with van der Waals surface area (Å²) < 4.78 is 5.86. The van der Waals surface area contributed by atoms with Crippen molar-refractivity contribution in [1.82, 2.24) is 10.2 Å². The highest BCUT2D eigenvalue weighted by Crippen LogP contribution is 2.24. The summed E-state index contributed by atoms with van der Waals surface area (Å²) >= 11 is 0. The molecule has 0 aliphatic carbocycles. The lowest BCUT2D eigenvalue weighted by Crippen LogP contribution is -2.59. The molecule has 0 aromatic heterocycles. The molecule has 18 heavy (non-hydrogen) atoms. The molecule has 0 saturated carbocycles. The Morgan fingerprint density at radius 3 is 2.33 bits per heavy atom. The van der Waals surface area contributed by atoms with Gasteiger partial charge in [0, 0.05) is 11.6 Å². The Morgan fingerprint density at radius 2 is 1.83 bits per heavy atom. The van der Waals surface area contributed by atoms with Crippen molar-refractivity contribution in [1.29, 1.82) is 0 Å². The maximum atomic E-state index is 5.86. The number of likely N-dealkylation sites (tertiary alicyclic amines) is 1. The van der Waals surface area contributed by atoms with Gasteiger partial charge in [-0.15, -0.1) is 0 Å². The van der Waals surface area contributed by atoms with Gasteiger partial charge in [0.05, 0.1) is 12.7 Å². The minimum atomic E-state index is 0.181. The van der Waals surface area contributed by atoms with Crippen molar-refractivity contribution in [2.45, 2.75) is 71.6 Å². The molecule has 0 bridgehead atoms. The molecular formula is C15H32N2O. The van der Waals surface area contributed by atoms with E-state index >= 15 is 0 Å². The third kappa shape index (κ3) is 4.52. The SMILES string of the molecule is CCCNC(COC(C)C)C(C)(C)N1CCCC1. The Morgan fingerprint density at radius 1 is 1.22 bits per heavy atom. The van der Waals surface area contributed by atoms with E-state index in [0.29, 0.717) is 12.1 Å². The summed E-state index contributed by atoms with van der Waals surface area (Å²) in [6, 6.07) is 0.415. The predicted octanol–water partition coefficient (Wildman–Crippen LogP) is 2.65. The van der Waals surface area contributed by atoms with Crippen molar-refractivity contribution in [3.63, 3.8) is 0 Å². The van der Waals surface area contributed by atoms with Crippen molar-refractivity contribution in [2.24, 2.45) is 0 Å². The second-order valence-corrected chi connectivity index (χ2v) is 6.24. The van der Waals surface area contributed by atoms with Gasteiger partial charge < -0.3 is 10.1 Å². The topological polar surface area (TPSA) is 24.5 Å². The molecule has 1 saturated heterocycles. The van der Waals surface area contributed by atoms with Crippen LogP contribution in [-0.2, 0) is 4.74 Å². The van der Waals surface area contributed by atoms with Gasteiger partial charge in [0.2, 0.25) is 0 Å². The number of rotatable bonds is 8. The quantitative estimate of drug-likeness (QED) is 0.722. The van der Waals surface area contributed by atoms with Crippen LogP contribution in [0.5, 0.6) is 0 Å². The number of ether oxygens (including phenoxy) is 1.